The van der Waals surface area contributed by atoms with Gasteiger partial charge in [0, 0.05) is 19.6 Å². The first-order chi connectivity index (χ1) is 10.6. The minimum atomic E-state index is -1.01. The molecular weight excluding hydrogens is 288 g/mol. The van der Waals surface area contributed by atoms with Gasteiger partial charge in [-0.25, -0.2) is 13.6 Å². The van der Waals surface area contributed by atoms with Crippen molar-refractivity contribution in [3.63, 3.8) is 0 Å². The summed E-state index contributed by atoms with van der Waals surface area (Å²) >= 11 is 0. The molecule has 4 nitrogen and oxygen atoms in total. The lowest BCUT2D eigenvalue weighted by Crippen LogP contribution is -2.35. The van der Waals surface area contributed by atoms with E-state index in [0.29, 0.717) is 19.0 Å². The fourth-order valence-corrected chi connectivity index (χ4v) is 3.29. The molecule has 6 heteroatoms. The number of benzene rings is 1. The van der Waals surface area contributed by atoms with Gasteiger partial charge >= 0.3 is 6.03 Å². The number of urea groups is 1. The Balaban J connectivity index is 1.53. The van der Waals surface area contributed by atoms with E-state index in [1.54, 1.807) is 4.90 Å². The number of nitrogens with zero attached hydrogens (tertiary/aromatic N) is 2. The molecule has 2 heterocycles. The molecule has 0 radical (unpaired) electrons. The molecular formula is C16H21F2N3O. The van der Waals surface area contributed by atoms with Crippen LogP contribution in [0, 0.1) is 17.6 Å². The Labute approximate surface area is 129 Å². The number of rotatable bonds is 3. The molecule has 0 bridgehead atoms. The zero-order valence-electron chi connectivity index (χ0n) is 12.5. The molecule has 0 aromatic heterocycles. The van der Waals surface area contributed by atoms with Crippen LogP contribution in [0.2, 0.25) is 0 Å². The molecule has 2 fully saturated rings. The first-order valence-electron chi connectivity index (χ1n) is 7.86. The molecule has 0 spiro atoms. The highest BCUT2D eigenvalue weighted by Gasteiger charge is 2.28. The molecule has 2 amide bonds. The number of anilines is 1. The maximum absolute atomic E-state index is 13.6. The minimum absolute atomic E-state index is 0.104. The average Bonchev–Trinajstić information content (AvgIpc) is 3.16. The van der Waals surface area contributed by atoms with E-state index < -0.39 is 11.6 Å². The summed E-state index contributed by atoms with van der Waals surface area (Å²) in [6.45, 7) is 4.67. The van der Waals surface area contributed by atoms with E-state index in [1.165, 1.54) is 25.0 Å². The third-order valence-electron chi connectivity index (χ3n) is 4.48. The van der Waals surface area contributed by atoms with Gasteiger partial charge in [-0.15, -0.1) is 0 Å². The van der Waals surface area contributed by atoms with Gasteiger partial charge in [0.2, 0.25) is 0 Å². The Kier molecular flexibility index (Phi) is 4.57. The number of amides is 2. The van der Waals surface area contributed by atoms with Crippen LogP contribution in [0.15, 0.2) is 18.2 Å². The number of hydrogen-bond donors (Lipinski definition) is 1. The first kappa shape index (κ1) is 15.2. The molecule has 1 atom stereocenters. The van der Waals surface area contributed by atoms with Gasteiger partial charge in [-0.1, -0.05) is 6.07 Å². The second-order valence-corrected chi connectivity index (χ2v) is 6.14. The quantitative estimate of drug-likeness (QED) is 0.932. The van der Waals surface area contributed by atoms with Gasteiger partial charge in [0.1, 0.15) is 0 Å². The summed E-state index contributed by atoms with van der Waals surface area (Å²) in [5.41, 5.74) is -0.104. The van der Waals surface area contributed by atoms with Crippen LogP contribution in [0.4, 0.5) is 19.3 Å². The molecule has 1 N–H and O–H groups in total. The van der Waals surface area contributed by atoms with E-state index in [-0.39, 0.29) is 11.7 Å². The van der Waals surface area contributed by atoms with Gasteiger partial charge in [-0.3, -0.25) is 0 Å². The maximum Gasteiger partial charge on any atom is 0.321 e. The molecule has 0 aliphatic carbocycles. The summed E-state index contributed by atoms with van der Waals surface area (Å²) in [6.07, 6.45) is 3.49. The first-order valence-corrected chi connectivity index (χ1v) is 7.86. The summed E-state index contributed by atoms with van der Waals surface area (Å²) in [5, 5.41) is 2.47. The van der Waals surface area contributed by atoms with Crippen LogP contribution in [-0.2, 0) is 0 Å². The summed E-state index contributed by atoms with van der Waals surface area (Å²) in [7, 11) is 0. The van der Waals surface area contributed by atoms with Crippen molar-refractivity contribution in [3.05, 3.63) is 29.8 Å². The Morgan fingerprint density at radius 1 is 1.23 bits per heavy atom. The van der Waals surface area contributed by atoms with Crippen molar-refractivity contribution in [1.82, 2.24) is 9.80 Å². The lowest BCUT2D eigenvalue weighted by molar-refractivity contribution is 0.217. The number of carbonyl (C=O) groups excluding carboxylic acids is 1. The Morgan fingerprint density at radius 3 is 2.77 bits per heavy atom. The highest BCUT2D eigenvalue weighted by atomic mass is 19.2. The monoisotopic (exact) mass is 309 g/mol. The van der Waals surface area contributed by atoms with Crippen molar-refractivity contribution in [2.75, 3.05) is 38.0 Å². The third kappa shape index (κ3) is 3.38. The van der Waals surface area contributed by atoms with Crippen LogP contribution in [0.3, 0.4) is 0 Å². The molecule has 0 saturated carbocycles. The fraction of sp³-hybridized carbons (Fsp3) is 0.562. The number of hydrogen-bond acceptors (Lipinski definition) is 2. The van der Waals surface area contributed by atoms with E-state index in [1.807, 2.05) is 0 Å². The zero-order chi connectivity index (χ0) is 15.5. The number of carbonyl (C=O) groups is 1. The molecule has 1 aromatic carbocycles. The number of halogens is 2. The summed E-state index contributed by atoms with van der Waals surface area (Å²) in [5.74, 6) is -1.49. The van der Waals surface area contributed by atoms with Gasteiger partial charge in [-0.2, -0.15) is 0 Å². The topological polar surface area (TPSA) is 35.6 Å². The molecule has 3 rings (SSSR count). The normalized spacial score (nSPS) is 22.3. The van der Waals surface area contributed by atoms with Crippen molar-refractivity contribution in [2.45, 2.75) is 19.3 Å². The highest BCUT2D eigenvalue weighted by Crippen LogP contribution is 2.22. The SMILES string of the molecule is O=C(Nc1cccc(F)c1F)N1CCC(CN2CCCC2)C1. The van der Waals surface area contributed by atoms with Crippen LogP contribution < -0.4 is 5.32 Å². The number of nitrogens with one attached hydrogen (secondary N) is 1. The van der Waals surface area contributed by atoms with Crippen LogP contribution in [0.25, 0.3) is 0 Å². The van der Waals surface area contributed by atoms with E-state index in [2.05, 4.69) is 10.2 Å². The molecule has 22 heavy (non-hydrogen) atoms. The van der Waals surface area contributed by atoms with Crippen molar-refractivity contribution in [1.29, 1.82) is 0 Å². The molecule has 1 unspecified atom stereocenters. The van der Waals surface area contributed by atoms with Crippen molar-refractivity contribution in [3.8, 4) is 0 Å². The molecule has 120 valence electrons. The van der Waals surface area contributed by atoms with Crippen LogP contribution in [-0.4, -0.2) is 48.6 Å². The van der Waals surface area contributed by atoms with Crippen LogP contribution in [0.1, 0.15) is 19.3 Å². The number of likely N-dealkylation sites (tertiary alicyclic amines) is 2. The Morgan fingerprint density at radius 2 is 2.00 bits per heavy atom. The largest absolute Gasteiger partial charge is 0.324 e. The Hall–Kier alpha value is -1.69. The van der Waals surface area contributed by atoms with E-state index in [4.69, 9.17) is 0 Å². The predicted octanol–water partition coefficient (Wildman–Crippen LogP) is 2.91. The second-order valence-electron chi connectivity index (χ2n) is 6.14. The van der Waals surface area contributed by atoms with Gasteiger partial charge in [0.15, 0.2) is 11.6 Å². The fourth-order valence-electron chi connectivity index (χ4n) is 3.29. The molecule has 2 aliphatic rings. The second kappa shape index (κ2) is 6.60. The third-order valence-corrected chi connectivity index (χ3v) is 4.48. The minimum Gasteiger partial charge on any atom is -0.324 e. The van der Waals surface area contributed by atoms with Gasteiger partial charge in [0.05, 0.1) is 5.69 Å². The van der Waals surface area contributed by atoms with Gasteiger partial charge < -0.3 is 15.1 Å². The van der Waals surface area contributed by atoms with Crippen molar-refractivity contribution >= 4 is 11.7 Å². The smallest absolute Gasteiger partial charge is 0.321 e. The lowest BCUT2D eigenvalue weighted by Gasteiger charge is -2.21. The van der Waals surface area contributed by atoms with Crippen LogP contribution >= 0.6 is 0 Å². The zero-order valence-corrected chi connectivity index (χ0v) is 12.5. The lowest BCUT2D eigenvalue weighted by atomic mass is 10.1. The standard InChI is InChI=1S/C16H21F2N3O/c17-13-4-3-5-14(15(13)18)19-16(22)21-9-6-12(11-21)10-20-7-1-2-8-20/h3-5,12H,1-2,6-11H2,(H,19,22). The van der Waals surface area contributed by atoms with Crippen molar-refractivity contribution in [2.24, 2.45) is 5.92 Å². The summed E-state index contributed by atoms with van der Waals surface area (Å²) in [6, 6.07) is 3.43. The molecule has 1 aromatic rings. The molecule has 2 saturated heterocycles. The van der Waals surface area contributed by atoms with Gasteiger partial charge in [0.25, 0.3) is 0 Å². The maximum atomic E-state index is 13.6. The van der Waals surface area contributed by atoms with Gasteiger partial charge in [-0.05, 0) is 50.4 Å². The van der Waals surface area contributed by atoms with Crippen molar-refractivity contribution < 1.29 is 13.6 Å². The molecule has 2 aliphatic heterocycles. The Bertz CT molecular complexity index is 546. The van der Waals surface area contributed by atoms with Crippen LogP contribution in [0.5, 0.6) is 0 Å². The summed E-state index contributed by atoms with van der Waals surface area (Å²) < 4.78 is 26.7. The van der Waals surface area contributed by atoms with E-state index in [9.17, 15) is 13.6 Å². The highest BCUT2D eigenvalue weighted by molar-refractivity contribution is 5.89. The summed E-state index contributed by atoms with van der Waals surface area (Å²) in [4.78, 5) is 16.3. The predicted molar refractivity (Wildman–Crippen MR) is 80.7 cm³/mol. The van der Waals surface area contributed by atoms with E-state index >= 15 is 0 Å². The van der Waals surface area contributed by atoms with E-state index in [0.717, 1.165) is 32.1 Å². The average molecular weight is 309 g/mol.